The van der Waals surface area contributed by atoms with E-state index in [1.165, 1.54) is 44.9 Å². The van der Waals surface area contributed by atoms with Gasteiger partial charge in [0.15, 0.2) is 0 Å². The number of carboxylic acid groups (broad SMARTS) is 1. The van der Waals surface area contributed by atoms with E-state index in [1.54, 1.807) is 0 Å². The van der Waals surface area contributed by atoms with Gasteiger partial charge in [-0.15, -0.1) is 0 Å². The third-order valence-electron chi connectivity index (χ3n) is 3.76. The number of aliphatic carboxylic acids is 1. The van der Waals surface area contributed by atoms with Crippen molar-refractivity contribution in [2.24, 2.45) is 0 Å². The molecule has 0 bridgehead atoms. The fourth-order valence-corrected chi connectivity index (χ4v) is 2.35. The van der Waals surface area contributed by atoms with Crippen molar-refractivity contribution in [2.75, 3.05) is 0 Å². The standard InChI is InChI=1S/C18H34O3.Li/c1-2-3-4-5-6-7-8-9-10-11-12-13-14-15-16-17(19)18(20)21;/h9-10,17,19H,2-8,11-16H2,1H3,(H,20,21);/q;+1/p-1/b10-9-;. The van der Waals surface area contributed by atoms with Crippen molar-refractivity contribution in [3.05, 3.63) is 12.2 Å². The molecule has 1 N–H and O–H groups in total. The summed E-state index contributed by atoms with van der Waals surface area (Å²) >= 11 is 0. The second-order valence-electron chi connectivity index (χ2n) is 5.85. The van der Waals surface area contributed by atoms with E-state index >= 15 is 0 Å². The molecule has 0 rings (SSSR count). The summed E-state index contributed by atoms with van der Waals surface area (Å²) in [7, 11) is 0. The minimum atomic E-state index is -1.35. The summed E-state index contributed by atoms with van der Waals surface area (Å²) in [6.45, 7) is 2.24. The number of allylic oxidation sites excluding steroid dienone is 2. The zero-order valence-electron chi connectivity index (χ0n) is 14.7. The summed E-state index contributed by atoms with van der Waals surface area (Å²) < 4.78 is 0. The Labute approximate surface area is 148 Å². The van der Waals surface area contributed by atoms with E-state index in [0.717, 1.165) is 32.1 Å². The smallest absolute Gasteiger partial charge is 0.547 e. The van der Waals surface area contributed by atoms with Crippen LogP contribution in [-0.4, -0.2) is 17.2 Å². The van der Waals surface area contributed by atoms with Crippen LogP contribution < -0.4 is 24.0 Å². The molecule has 22 heavy (non-hydrogen) atoms. The van der Waals surface area contributed by atoms with Gasteiger partial charge >= 0.3 is 18.9 Å². The van der Waals surface area contributed by atoms with Crippen LogP contribution in [0, 0.1) is 0 Å². The summed E-state index contributed by atoms with van der Waals surface area (Å²) in [5.41, 5.74) is 0. The summed E-state index contributed by atoms with van der Waals surface area (Å²) in [6, 6.07) is 0. The molecule has 0 aromatic heterocycles. The Morgan fingerprint density at radius 2 is 1.36 bits per heavy atom. The second kappa shape index (κ2) is 18.8. The first-order valence-corrected chi connectivity index (χ1v) is 8.72. The number of hydrogen-bond donors (Lipinski definition) is 1. The van der Waals surface area contributed by atoms with Crippen molar-refractivity contribution >= 4 is 5.97 Å². The molecule has 0 heterocycles. The molecule has 0 saturated carbocycles. The molecule has 0 amide bonds. The van der Waals surface area contributed by atoms with Gasteiger partial charge in [-0.1, -0.05) is 70.4 Å². The maximum Gasteiger partial charge on any atom is 1.00 e. The zero-order valence-corrected chi connectivity index (χ0v) is 14.7. The van der Waals surface area contributed by atoms with Gasteiger partial charge in [-0.3, -0.25) is 0 Å². The van der Waals surface area contributed by atoms with Gasteiger partial charge in [-0.25, -0.2) is 0 Å². The number of aliphatic hydroxyl groups excluding tert-OH is 1. The fraction of sp³-hybridized carbons (Fsp3) is 0.833. The number of carbonyl (C=O) groups excluding carboxylic acids is 1. The molecule has 0 aromatic rings. The first kappa shape index (κ1) is 24.0. The Morgan fingerprint density at radius 1 is 0.909 bits per heavy atom. The molecule has 0 spiro atoms. The van der Waals surface area contributed by atoms with Crippen molar-refractivity contribution in [3.63, 3.8) is 0 Å². The number of rotatable bonds is 15. The molecule has 0 aliphatic rings. The Morgan fingerprint density at radius 3 is 1.86 bits per heavy atom. The van der Waals surface area contributed by atoms with E-state index in [-0.39, 0.29) is 18.9 Å². The SMILES string of the molecule is CCCCCCCC/C=C\CCCCCCC(O)C(=O)[O-].[Li+]. The van der Waals surface area contributed by atoms with Gasteiger partial charge in [-0.05, 0) is 32.1 Å². The first-order valence-electron chi connectivity index (χ1n) is 8.72. The summed E-state index contributed by atoms with van der Waals surface area (Å²) in [5.74, 6) is -1.35. The van der Waals surface area contributed by atoms with Crippen molar-refractivity contribution in [3.8, 4) is 0 Å². The van der Waals surface area contributed by atoms with E-state index in [9.17, 15) is 9.90 Å². The largest absolute Gasteiger partial charge is 1.00 e. The van der Waals surface area contributed by atoms with Gasteiger partial charge in [0.1, 0.15) is 0 Å². The maximum atomic E-state index is 10.3. The van der Waals surface area contributed by atoms with Gasteiger partial charge in [-0.2, -0.15) is 0 Å². The Hall–Kier alpha value is -0.233. The monoisotopic (exact) mass is 304 g/mol. The second-order valence-corrected chi connectivity index (χ2v) is 5.85. The molecule has 0 aliphatic heterocycles. The van der Waals surface area contributed by atoms with Crippen molar-refractivity contribution in [1.82, 2.24) is 0 Å². The Kier molecular flexibility index (Phi) is 20.5. The molecule has 4 heteroatoms. The van der Waals surface area contributed by atoms with E-state index in [4.69, 9.17) is 5.11 Å². The molecular formula is C18H33LiO3. The van der Waals surface area contributed by atoms with Gasteiger partial charge in [0, 0.05) is 0 Å². The zero-order chi connectivity index (χ0) is 15.8. The number of unbranched alkanes of at least 4 members (excludes halogenated alkanes) is 10. The predicted molar refractivity (Wildman–Crippen MR) is 85.8 cm³/mol. The normalized spacial score (nSPS) is 12.3. The number of carboxylic acids is 1. The van der Waals surface area contributed by atoms with Crippen LogP contribution >= 0.6 is 0 Å². The van der Waals surface area contributed by atoms with Crippen LogP contribution in [-0.2, 0) is 4.79 Å². The third-order valence-corrected chi connectivity index (χ3v) is 3.76. The summed E-state index contributed by atoms with van der Waals surface area (Å²) in [6.07, 6.45) is 18.0. The third kappa shape index (κ3) is 17.8. The summed E-state index contributed by atoms with van der Waals surface area (Å²) in [5, 5.41) is 19.3. The van der Waals surface area contributed by atoms with Crippen LogP contribution in [0.5, 0.6) is 0 Å². The van der Waals surface area contributed by atoms with Gasteiger partial charge in [0.25, 0.3) is 0 Å². The molecule has 1 atom stereocenters. The average Bonchev–Trinajstić information content (AvgIpc) is 2.47. The van der Waals surface area contributed by atoms with Crippen LogP contribution in [0.15, 0.2) is 12.2 Å². The van der Waals surface area contributed by atoms with E-state index < -0.39 is 12.1 Å². The average molecular weight is 304 g/mol. The summed E-state index contributed by atoms with van der Waals surface area (Å²) in [4.78, 5) is 10.3. The minimum Gasteiger partial charge on any atom is -0.547 e. The first-order chi connectivity index (χ1) is 10.2. The molecule has 0 radical (unpaired) electrons. The quantitative estimate of drug-likeness (QED) is 0.276. The van der Waals surface area contributed by atoms with Gasteiger partial charge in [0.2, 0.25) is 0 Å². The number of aliphatic hydroxyl groups is 1. The molecule has 3 nitrogen and oxygen atoms in total. The Bertz CT molecular complexity index is 267. The van der Waals surface area contributed by atoms with E-state index in [1.807, 2.05) is 0 Å². The van der Waals surface area contributed by atoms with E-state index in [2.05, 4.69) is 19.1 Å². The molecule has 1 unspecified atom stereocenters. The van der Waals surface area contributed by atoms with Gasteiger partial charge in [0.05, 0.1) is 12.1 Å². The van der Waals surface area contributed by atoms with Crippen molar-refractivity contribution in [2.45, 2.75) is 96.5 Å². The predicted octanol–water partition coefficient (Wildman–Crippen LogP) is 0.749. The van der Waals surface area contributed by atoms with Crippen LogP contribution in [0.4, 0.5) is 0 Å². The molecule has 0 aromatic carbocycles. The van der Waals surface area contributed by atoms with Crippen LogP contribution in [0.25, 0.3) is 0 Å². The van der Waals surface area contributed by atoms with Crippen LogP contribution in [0.1, 0.15) is 90.4 Å². The van der Waals surface area contributed by atoms with Gasteiger partial charge < -0.3 is 15.0 Å². The Balaban J connectivity index is 0. The number of carbonyl (C=O) groups is 1. The molecular weight excluding hydrogens is 271 g/mol. The molecule has 124 valence electrons. The molecule has 0 saturated heterocycles. The molecule has 0 fully saturated rings. The fourth-order valence-electron chi connectivity index (χ4n) is 2.35. The van der Waals surface area contributed by atoms with E-state index in [0.29, 0.717) is 6.42 Å². The topological polar surface area (TPSA) is 60.4 Å². The minimum absolute atomic E-state index is 0. The van der Waals surface area contributed by atoms with Crippen molar-refractivity contribution in [1.29, 1.82) is 0 Å². The number of hydrogen-bond acceptors (Lipinski definition) is 3. The van der Waals surface area contributed by atoms with Crippen LogP contribution in [0.3, 0.4) is 0 Å². The van der Waals surface area contributed by atoms with Crippen LogP contribution in [0.2, 0.25) is 0 Å². The maximum absolute atomic E-state index is 10.3. The van der Waals surface area contributed by atoms with Crippen molar-refractivity contribution < 1.29 is 33.9 Å². The molecule has 0 aliphatic carbocycles.